The predicted molar refractivity (Wildman–Crippen MR) is 163 cm³/mol. The molecule has 1 aromatic carbocycles. The fraction of sp³-hybridized carbons (Fsp3) is 0.562. The molecule has 0 saturated carbocycles. The number of benzene rings is 1. The van der Waals surface area contributed by atoms with Gasteiger partial charge < -0.3 is 29.1 Å². The number of ether oxygens (including phenoxy) is 3. The van der Waals surface area contributed by atoms with E-state index in [1.807, 2.05) is 0 Å². The summed E-state index contributed by atoms with van der Waals surface area (Å²) in [5.41, 5.74) is 2.13. The van der Waals surface area contributed by atoms with Crippen LogP contribution >= 0.6 is 0 Å². The number of esters is 1. The van der Waals surface area contributed by atoms with Gasteiger partial charge in [-0.3, -0.25) is 19.4 Å². The SMILES string of the molecule is CC(=O)OCc1nc2c(cc1Cc1ccc(F)cc1)N(C(=O)CN1C[C@@H](C)N(C(=O)O)C[C@@H]1CN1CCOCC1C(F)(F)F)[C@@H](C)CO2. The van der Waals surface area contributed by atoms with Gasteiger partial charge in [0.15, 0.2) is 0 Å². The molecule has 2 fully saturated rings. The maximum absolute atomic E-state index is 14.2. The maximum Gasteiger partial charge on any atom is 0.407 e. The first-order chi connectivity index (χ1) is 22.7. The maximum atomic E-state index is 14.2. The monoisotopic (exact) mass is 681 g/mol. The van der Waals surface area contributed by atoms with Gasteiger partial charge in [-0.05, 0) is 49.6 Å². The van der Waals surface area contributed by atoms with E-state index in [2.05, 4.69) is 4.98 Å². The number of piperazine rings is 1. The number of morpholine rings is 1. The molecule has 5 rings (SSSR count). The normalized spacial score (nSPS) is 23.7. The lowest BCUT2D eigenvalue weighted by atomic mass is 10.0. The van der Waals surface area contributed by atoms with Crippen molar-refractivity contribution in [1.82, 2.24) is 19.7 Å². The minimum absolute atomic E-state index is 0.0111. The van der Waals surface area contributed by atoms with Gasteiger partial charge in [0.05, 0.1) is 31.5 Å². The molecule has 0 bridgehead atoms. The zero-order chi connectivity index (χ0) is 34.7. The zero-order valence-corrected chi connectivity index (χ0v) is 26.9. The molecule has 0 radical (unpaired) electrons. The lowest BCUT2D eigenvalue weighted by molar-refractivity contribution is -0.214. The van der Waals surface area contributed by atoms with E-state index in [-0.39, 0.29) is 70.8 Å². The van der Waals surface area contributed by atoms with Crippen LogP contribution in [-0.4, -0.2) is 126 Å². The van der Waals surface area contributed by atoms with Crippen LogP contribution in [0.25, 0.3) is 0 Å². The molecule has 1 aromatic heterocycles. The van der Waals surface area contributed by atoms with Gasteiger partial charge in [0.25, 0.3) is 0 Å². The van der Waals surface area contributed by atoms with E-state index in [0.29, 0.717) is 16.9 Å². The molecule has 12 nitrogen and oxygen atoms in total. The van der Waals surface area contributed by atoms with E-state index in [1.165, 1.54) is 33.8 Å². The molecule has 4 atom stereocenters. The highest BCUT2D eigenvalue weighted by molar-refractivity contribution is 5.97. The standard InChI is InChI=1S/C32H39F4N5O7/c1-19-12-39(25(14-40(19)31(44)45)13-38-8-9-46-18-28(38)32(34,35)36)15-29(43)41-20(2)16-48-30-27(41)11-23(26(37-30)17-47-21(3)42)10-22-4-6-24(33)7-5-22/h4-7,11,19-20,25,28H,8-10,12-18H2,1-3H3,(H,44,45)/t19-,20+,25+,28?/m1/s1. The molecular weight excluding hydrogens is 642 g/mol. The summed E-state index contributed by atoms with van der Waals surface area (Å²) in [5, 5.41) is 9.82. The number of hydrogen-bond acceptors (Lipinski definition) is 9. The lowest BCUT2D eigenvalue weighted by Gasteiger charge is -2.47. The van der Waals surface area contributed by atoms with E-state index in [9.17, 15) is 37.1 Å². The molecule has 2 amide bonds. The molecule has 4 heterocycles. The first kappa shape index (κ1) is 35.3. The highest BCUT2D eigenvalue weighted by Gasteiger charge is 2.47. The van der Waals surface area contributed by atoms with Gasteiger partial charge in [-0.1, -0.05) is 12.1 Å². The second-order valence-corrected chi connectivity index (χ2v) is 12.4. The van der Waals surface area contributed by atoms with Crippen LogP contribution in [0.3, 0.4) is 0 Å². The summed E-state index contributed by atoms with van der Waals surface area (Å²) in [6.07, 6.45) is -5.45. The number of hydrogen-bond donors (Lipinski definition) is 1. The Bertz CT molecular complexity index is 1490. The fourth-order valence-electron chi connectivity index (χ4n) is 6.42. The second-order valence-electron chi connectivity index (χ2n) is 12.4. The first-order valence-electron chi connectivity index (χ1n) is 15.7. The average molecular weight is 682 g/mol. The zero-order valence-electron chi connectivity index (χ0n) is 26.9. The molecule has 3 aliphatic rings. The van der Waals surface area contributed by atoms with E-state index >= 15 is 0 Å². The van der Waals surface area contributed by atoms with Crippen LogP contribution in [0.5, 0.6) is 5.88 Å². The molecule has 2 aromatic rings. The van der Waals surface area contributed by atoms with Crippen molar-refractivity contribution in [3.63, 3.8) is 0 Å². The highest BCUT2D eigenvalue weighted by Crippen LogP contribution is 2.36. The van der Waals surface area contributed by atoms with E-state index in [0.717, 1.165) is 5.56 Å². The molecule has 48 heavy (non-hydrogen) atoms. The van der Waals surface area contributed by atoms with E-state index < -0.39 is 54.8 Å². The van der Waals surface area contributed by atoms with Gasteiger partial charge in [0.1, 0.15) is 30.8 Å². The van der Waals surface area contributed by atoms with Crippen molar-refractivity contribution in [2.24, 2.45) is 0 Å². The van der Waals surface area contributed by atoms with Crippen molar-refractivity contribution in [2.45, 2.75) is 64.1 Å². The van der Waals surface area contributed by atoms with Crippen molar-refractivity contribution in [3.8, 4) is 5.88 Å². The Morgan fingerprint density at radius 2 is 1.79 bits per heavy atom. The van der Waals surface area contributed by atoms with E-state index in [1.54, 1.807) is 36.9 Å². The molecule has 262 valence electrons. The van der Waals surface area contributed by atoms with E-state index in [4.69, 9.17) is 14.2 Å². The lowest BCUT2D eigenvalue weighted by Crippen LogP contribution is -2.65. The average Bonchev–Trinajstić information content (AvgIpc) is 3.01. The number of aromatic nitrogens is 1. The third-order valence-electron chi connectivity index (χ3n) is 8.89. The largest absolute Gasteiger partial charge is 0.474 e. The Morgan fingerprint density at radius 3 is 2.46 bits per heavy atom. The van der Waals surface area contributed by atoms with Crippen LogP contribution < -0.4 is 9.64 Å². The van der Waals surface area contributed by atoms with Gasteiger partial charge in [0.2, 0.25) is 11.8 Å². The Morgan fingerprint density at radius 1 is 1.06 bits per heavy atom. The van der Waals surface area contributed by atoms with Crippen molar-refractivity contribution >= 4 is 23.7 Å². The fourth-order valence-corrected chi connectivity index (χ4v) is 6.42. The predicted octanol–water partition coefficient (Wildman–Crippen LogP) is 3.30. The van der Waals surface area contributed by atoms with Crippen molar-refractivity contribution in [3.05, 3.63) is 53.0 Å². The van der Waals surface area contributed by atoms with Gasteiger partial charge >= 0.3 is 18.2 Å². The molecule has 2 saturated heterocycles. The number of nitrogens with zero attached hydrogens (tertiary/aromatic N) is 5. The van der Waals surface area contributed by atoms with Gasteiger partial charge in [0, 0.05) is 45.2 Å². The first-order valence-corrected chi connectivity index (χ1v) is 15.7. The molecule has 1 unspecified atom stereocenters. The summed E-state index contributed by atoms with van der Waals surface area (Å²) < 4.78 is 71.5. The number of anilines is 1. The van der Waals surface area contributed by atoms with Crippen molar-refractivity contribution in [1.29, 1.82) is 0 Å². The third-order valence-corrected chi connectivity index (χ3v) is 8.89. The quantitative estimate of drug-likeness (QED) is 0.328. The Kier molecular flexibility index (Phi) is 10.7. The topological polar surface area (TPSA) is 125 Å². The molecule has 0 aliphatic carbocycles. The minimum atomic E-state index is -4.55. The number of pyridine rings is 1. The van der Waals surface area contributed by atoms with Crippen LogP contribution in [0.2, 0.25) is 0 Å². The summed E-state index contributed by atoms with van der Waals surface area (Å²) in [6.45, 7) is 4.02. The number of amides is 2. The van der Waals surface area contributed by atoms with Crippen LogP contribution in [-0.2, 0) is 32.1 Å². The third kappa shape index (κ3) is 8.15. The van der Waals surface area contributed by atoms with Gasteiger partial charge in [-0.25, -0.2) is 14.2 Å². The van der Waals surface area contributed by atoms with Crippen LogP contribution in [0.15, 0.2) is 30.3 Å². The highest BCUT2D eigenvalue weighted by atomic mass is 19.4. The Hall–Kier alpha value is -4.02. The molecule has 1 N–H and O–H groups in total. The number of carboxylic acid groups (broad SMARTS) is 1. The smallest absolute Gasteiger partial charge is 0.407 e. The summed E-state index contributed by atoms with van der Waals surface area (Å²) in [6, 6.07) is 4.07. The number of fused-ring (bicyclic) bond motifs is 1. The van der Waals surface area contributed by atoms with Crippen LogP contribution in [0, 0.1) is 5.82 Å². The molecule has 3 aliphatic heterocycles. The number of carbonyl (C=O) groups excluding carboxylic acids is 2. The molecular formula is C32H39F4N5O7. The Labute approximate surface area is 275 Å². The summed E-state index contributed by atoms with van der Waals surface area (Å²) in [4.78, 5) is 48.1. The summed E-state index contributed by atoms with van der Waals surface area (Å²) >= 11 is 0. The van der Waals surface area contributed by atoms with Gasteiger partial charge in [-0.2, -0.15) is 13.2 Å². The van der Waals surface area contributed by atoms with Crippen molar-refractivity contribution < 1.29 is 51.3 Å². The van der Waals surface area contributed by atoms with Crippen LogP contribution in [0.1, 0.15) is 37.6 Å². The minimum Gasteiger partial charge on any atom is -0.474 e. The Balaban J connectivity index is 1.43. The van der Waals surface area contributed by atoms with Crippen molar-refractivity contribution in [2.75, 3.05) is 57.4 Å². The summed E-state index contributed by atoms with van der Waals surface area (Å²) in [7, 11) is 0. The second kappa shape index (κ2) is 14.6. The number of carbonyl (C=O) groups is 3. The summed E-state index contributed by atoms with van der Waals surface area (Å²) in [5.74, 6) is -1.14. The number of alkyl halides is 3. The molecule has 16 heteroatoms. The molecule has 0 spiro atoms. The van der Waals surface area contributed by atoms with Crippen LogP contribution in [0.4, 0.5) is 28.0 Å². The van der Waals surface area contributed by atoms with Gasteiger partial charge in [-0.15, -0.1) is 0 Å². The number of rotatable bonds is 8. The number of halogens is 4.